The lowest BCUT2D eigenvalue weighted by atomic mass is 10.1. The molecule has 4 nitrogen and oxygen atoms in total. The molecule has 0 aliphatic rings. The summed E-state index contributed by atoms with van der Waals surface area (Å²) in [6.45, 7) is 0. The van der Waals surface area contributed by atoms with Crippen LogP contribution in [0, 0.1) is 11.3 Å². The van der Waals surface area contributed by atoms with Crippen molar-refractivity contribution in [3.8, 4) is 11.8 Å². The van der Waals surface area contributed by atoms with Crippen molar-refractivity contribution in [2.24, 2.45) is 0 Å². The molecule has 0 amide bonds. The molecule has 0 heterocycles. The van der Waals surface area contributed by atoms with Gasteiger partial charge < -0.3 is 5.11 Å². The monoisotopic (exact) mass is 211 g/mol. The molecule has 0 aliphatic carbocycles. The summed E-state index contributed by atoms with van der Waals surface area (Å²) >= 11 is 0. The standard InChI is InChI=1S/C9H9NO3S/c1-14(12,13)9-4-2-3-8(11)7(9)5-6-10/h2-4,11H,5H2,1H3. The van der Waals surface area contributed by atoms with Gasteiger partial charge >= 0.3 is 0 Å². The van der Waals surface area contributed by atoms with Crippen LogP contribution in [0.25, 0.3) is 0 Å². The minimum atomic E-state index is -3.39. The normalized spacial score (nSPS) is 10.9. The molecular formula is C9H9NO3S. The minimum Gasteiger partial charge on any atom is -0.508 e. The first kappa shape index (κ1) is 10.5. The van der Waals surface area contributed by atoms with Gasteiger partial charge in [0.15, 0.2) is 9.84 Å². The predicted molar refractivity (Wildman–Crippen MR) is 50.5 cm³/mol. The minimum absolute atomic E-state index is 0.0130. The molecule has 1 aromatic carbocycles. The third kappa shape index (κ3) is 2.03. The molecule has 1 rings (SSSR count). The van der Waals surface area contributed by atoms with E-state index < -0.39 is 9.84 Å². The largest absolute Gasteiger partial charge is 0.508 e. The van der Waals surface area contributed by atoms with E-state index in [0.717, 1.165) is 6.26 Å². The highest BCUT2D eigenvalue weighted by atomic mass is 32.2. The molecule has 0 saturated heterocycles. The quantitative estimate of drug-likeness (QED) is 0.787. The van der Waals surface area contributed by atoms with Crippen molar-refractivity contribution < 1.29 is 13.5 Å². The topological polar surface area (TPSA) is 78.2 Å². The number of hydrogen-bond acceptors (Lipinski definition) is 4. The molecule has 14 heavy (non-hydrogen) atoms. The fraction of sp³-hybridized carbons (Fsp3) is 0.222. The number of hydrogen-bond donors (Lipinski definition) is 1. The van der Waals surface area contributed by atoms with Crippen molar-refractivity contribution in [2.75, 3.05) is 6.26 Å². The Hall–Kier alpha value is -1.54. The first-order valence-electron chi connectivity index (χ1n) is 3.84. The Morgan fingerprint density at radius 1 is 1.50 bits per heavy atom. The van der Waals surface area contributed by atoms with Gasteiger partial charge in [-0.3, -0.25) is 0 Å². The molecule has 0 atom stereocenters. The van der Waals surface area contributed by atoms with Gasteiger partial charge in [-0.2, -0.15) is 5.26 Å². The Balaban J connectivity index is 3.45. The van der Waals surface area contributed by atoms with Crippen molar-refractivity contribution in [3.63, 3.8) is 0 Å². The molecule has 0 radical (unpaired) electrons. The van der Waals surface area contributed by atoms with Crippen LogP contribution in [0.4, 0.5) is 0 Å². The first-order valence-corrected chi connectivity index (χ1v) is 5.74. The number of nitrogens with zero attached hydrogens (tertiary/aromatic N) is 1. The summed E-state index contributed by atoms with van der Waals surface area (Å²) in [5.41, 5.74) is 0.164. The average Bonchev–Trinajstić information content (AvgIpc) is 2.07. The lowest BCUT2D eigenvalue weighted by Gasteiger charge is -2.05. The molecule has 5 heteroatoms. The maximum Gasteiger partial charge on any atom is 0.175 e. The number of phenolic OH excluding ortho intramolecular Hbond substituents is 1. The van der Waals surface area contributed by atoms with Gasteiger partial charge in [-0.1, -0.05) is 6.07 Å². The van der Waals surface area contributed by atoms with E-state index in [1.807, 2.05) is 6.07 Å². The van der Waals surface area contributed by atoms with E-state index >= 15 is 0 Å². The van der Waals surface area contributed by atoms with Gasteiger partial charge in [0.1, 0.15) is 5.75 Å². The Bertz CT molecular complexity index is 485. The fourth-order valence-electron chi connectivity index (χ4n) is 1.16. The van der Waals surface area contributed by atoms with Crippen molar-refractivity contribution in [1.82, 2.24) is 0 Å². The van der Waals surface area contributed by atoms with Gasteiger partial charge in [0.05, 0.1) is 17.4 Å². The summed E-state index contributed by atoms with van der Waals surface area (Å²) in [7, 11) is -3.39. The fourth-order valence-corrected chi connectivity index (χ4v) is 2.11. The van der Waals surface area contributed by atoms with E-state index in [2.05, 4.69) is 0 Å². The summed E-state index contributed by atoms with van der Waals surface area (Å²) in [5, 5.41) is 17.8. The summed E-state index contributed by atoms with van der Waals surface area (Å²) in [5.74, 6) is -0.158. The summed E-state index contributed by atoms with van der Waals surface area (Å²) in [4.78, 5) is 0.0130. The molecule has 74 valence electrons. The van der Waals surface area contributed by atoms with Gasteiger partial charge in [0.25, 0.3) is 0 Å². The van der Waals surface area contributed by atoms with Gasteiger partial charge in [-0.15, -0.1) is 0 Å². The molecule has 0 bridgehead atoms. The number of phenols is 1. The average molecular weight is 211 g/mol. The van der Waals surface area contributed by atoms with Crippen LogP contribution in [0.1, 0.15) is 5.56 Å². The van der Waals surface area contributed by atoms with E-state index in [1.165, 1.54) is 18.2 Å². The molecule has 1 N–H and O–H groups in total. The van der Waals surface area contributed by atoms with E-state index in [-0.39, 0.29) is 22.6 Å². The van der Waals surface area contributed by atoms with Crippen molar-refractivity contribution in [3.05, 3.63) is 23.8 Å². The van der Waals surface area contributed by atoms with E-state index in [1.54, 1.807) is 0 Å². The number of nitriles is 1. The zero-order valence-corrected chi connectivity index (χ0v) is 8.37. The highest BCUT2D eigenvalue weighted by Crippen LogP contribution is 2.24. The van der Waals surface area contributed by atoms with Crippen LogP contribution in [-0.4, -0.2) is 19.8 Å². The Labute approximate surface area is 82.3 Å². The van der Waals surface area contributed by atoms with Gasteiger partial charge in [-0.05, 0) is 12.1 Å². The van der Waals surface area contributed by atoms with Crippen LogP contribution >= 0.6 is 0 Å². The predicted octanol–water partition coefficient (Wildman–Crippen LogP) is 0.862. The molecule has 0 fully saturated rings. The number of sulfone groups is 1. The zero-order valence-electron chi connectivity index (χ0n) is 7.56. The highest BCUT2D eigenvalue weighted by Gasteiger charge is 2.15. The van der Waals surface area contributed by atoms with E-state index in [4.69, 9.17) is 5.26 Å². The van der Waals surface area contributed by atoms with Crippen LogP contribution in [-0.2, 0) is 16.3 Å². The van der Waals surface area contributed by atoms with Crippen LogP contribution in [0.3, 0.4) is 0 Å². The Morgan fingerprint density at radius 3 is 2.64 bits per heavy atom. The van der Waals surface area contributed by atoms with E-state index in [0.29, 0.717) is 0 Å². The number of rotatable bonds is 2. The third-order valence-corrected chi connectivity index (χ3v) is 2.95. The third-order valence-electron chi connectivity index (χ3n) is 1.76. The molecule has 1 aromatic rings. The lowest BCUT2D eigenvalue weighted by Crippen LogP contribution is -2.02. The molecule has 0 unspecified atom stereocenters. The van der Waals surface area contributed by atoms with Crippen molar-refractivity contribution in [2.45, 2.75) is 11.3 Å². The Kier molecular flexibility index (Phi) is 2.77. The second-order valence-corrected chi connectivity index (χ2v) is 4.85. The van der Waals surface area contributed by atoms with E-state index in [9.17, 15) is 13.5 Å². The van der Waals surface area contributed by atoms with Crippen LogP contribution < -0.4 is 0 Å². The summed E-state index contributed by atoms with van der Waals surface area (Å²) in [6, 6.07) is 5.99. The van der Waals surface area contributed by atoms with Crippen molar-refractivity contribution in [1.29, 1.82) is 5.26 Å². The molecular weight excluding hydrogens is 202 g/mol. The second kappa shape index (κ2) is 3.68. The lowest BCUT2D eigenvalue weighted by molar-refractivity contribution is 0.467. The smallest absolute Gasteiger partial charge is 0.175 e. The Morgan fingerprint density at radius 2 is 2.14 bits per heavy atom. The van der Waals surface area contributed by atoms with Crippen LogP contribution in [0.15, 0.2) is 23.1 Å². The zero-order chi connectivity index (χ0) is 10.8. The van der Waals surface area contributed by atoms with Gasteiger partial charge in [-0.25, -0.2) is 8.42 Å². The van der Waals surface area contributed by atoms with Crippen LogP contribution in [0.5, 0.6) is 5.75 Å². The van der Waals surface area contributed by atoms with Gasteiger partial charge in [0.2, 0.25) is 0 Å². The molecule has 0 aromatic heterocycles. The molecule has 0 aliphatic heterocycles. The van der Waals surface area contributed by atoms with Crippen molar-refractivity contribution >= 4 is 9.84 Å². The summed E-state index contributed by atoms with van der Waals surface area (Å²) < 4.78 is 22.5. The molecule has 0 saturated carbocycles. The molecule has 0 spiro atoms. The second-order valence-electron chi connectivity index (χ2n) is 2.86. The SMILES string of the molecule is CS(=O)(=O)c1cccc(O)c1CC#N. The van der Waals surface area contributed by atoms with Gasteiger partial charge in [0, 0.05) is 11.8 Å². The first-order chi connectivity index (χ1) is 6.46. The maximum absolute atomic E-state index is 11.3. The van der Waals surface area contributed by atoms with Crippen LogP contribution in [0.2, 0.25) is 0 Å². The number of benzene rings is 1. The summed E-state index contributed by atoms with van der Waals surface area (Å²) in [6.07, 6.45) is 0.928. The maximum atomic E-state index is 11.3. The number of aromatic hydroxyl groups is 1. The highest BCUT2D eigenvalue weighted by molar-refractivity contribution is 7.90.